The van der Waals surface area contributed by atoms with Gasteiger partial charge in [0.2, 0.25) is 5.43 Å². The molecule has 4 heterocycles. The second-order valence-corrected chi connectivity index (χ2v) is 10.1. The van der Waals surface area contributed by atoms with Gasteiger partial charge in [-0.15, -0.1) is 0 Å². The number of rotatable bonds is 5. The van der Waals surface area contributed by atoms with Crippen LogP contribution in [0.1, 0.15) is 43.5 Å². The van der Waals surface area contributed by atoms with Crippen LogP contribution in [0.15, 0.2) is 41.3 Å². The number of para-hydroxylation sites is 2. The number of hydrogen-bond acceptors (Lipinski definition) is 6. The largest absolute Gasteiger partial charge is 0.451 e. The van der Waals surface area contributed by atoms with Crippen molar-refractivity contribution in [3.05, 3.63) is 58.1 Å². The van der Waals surface area contributed by atoms with Crippen LogP contribution in [-0.2, 0) is 0 Å². The van der Waals surface area contributed by atoms with E-state index in [0.29, 0.717) is 48.3 Å². The smallest absolute Gasteiger partial charge is 0.256 e. The second-order valence-electron chi connectivity index (χ2n) is 10.1. The van der Waals surface area contributed by atoms with Crippen LogP contribution in [0.25, 0.3) is 16.6 Å². The van der Waals surface area contributed by atoms with Gasteiger partial charge in [0.15, 0.2) is 17.3 Å². The fourth-order valence-corrected chi connectivity index (χ4v) is 5.79. The lowest BCUT2D eigenvalue weighted by molar-refractivity contribution is 0.0949. The molecule has 8 nitrogen and oxygen atoms in total. The van der Waals surface area contributed by atoms with E-state index < -0.39 is 17.2 Å². The molecule has 0 radical (unpaired) electrons. The molecular formula is C28H34FN5O3. The van der Waals surface area contributed by atoms with E-state index in [1.54, 1.807) is 16.8 Å². The minimum Gasteiger partial charge on any atom is -0.451 e. The van der Waals surface area contributed by atoms with Crippen LogP contribution < -0.4 is 26.1 Å². The summed E-state index contributed by atoms with van der Waals surface area (Å²) in [6.07, 6.45) is 5.39. The van der Waals surface area contributed by atoms with Crippen LogP contribution in [0.2, 0.25) is 0 Å². The number of anilines is 1. The fraction of sp³-hybridized carbons (Fsp3) is 0.429. The van der Waals surface area contributed by atoms with Crippen molar-refractivity contribution in [3.8, 4) is 17.2 Å². The van der Waals surface area contributed by atoms with Crippen LogP contribution in [0.3, 0.4) is 0 Å². The van der Waals surface area contributed by atoms with Crippen molar-refractivity contribution in [2.24, 2.45) is 5.73 Å². The van der Waals surface area contributed by atoms with Gasteiger partial charge in [-0.3, -0.25) is 9.59 Å². The number of hydrogen-bond donors (Lipinski definition) is 2. The molecule has 0 aliphatic carbocycles. The number of pyridine rings is 1. The molecule has 0 bridgehead atoms. The highest BCUT2D eigenvalue weighted by Crippen LogP contribution is 2.46. The predicted octanol–water partition coefficient (Wildman–Crippen LogP) is 3.62. The summed E-state index contributed by atoms with van der Waals surface area (Å²) in [4.78, 5) is 30.8. The number of aromatic nitrogens is 1. The molecule has 2 aromatic carbocycles. The van der Waals surface area contributed by atoms with Gasteiger partial charge in [-0.05, 0) is 57.5 Å². The molecule has 2 atom stereocenters. The average molecular weight is 508 g/mol. The normalized spacial score (nSPS) is 20.5. The Morgan fingerprint density at radius 2 is 2.05 bits per heavy atom. The van der Waals surface area contributed by atoms with Gasteiger partial charge in [0.05, 0.1) is 11.1 Å². The lowest BCUT2D eigenvalue weighted by atomic mass is 10.1. The van der Waals surface area contributed by atoms with Gasteiger partial charge < -0.3 is 30.2 Å². The Hall–Kier alpha value is -3.43. The molecule has 1 amide bonds. The van der Waals surface area contributed by atoms with Crippen LogP contribution in [0.5, 0.6) is 11.5 Å². The Kier molecular flexibility index (Phi) is 6.68. The molecule has 0 spiro atoms. The number of likely N-dealkylation sites (tertiary alicyclic amines) is 1. The number of ether oxygens (including phenoxy) is 1. The molecule has 6 rings (SSSR count). The number of nitrogens with one attached hydrogen (secondary N) is 1. The van der Waals surface area contributed by atoms with E-state index in [9.17, 15) is 9.59 Å². The monoisotopic (exact) mass is 507 g/mol. The minimum atomic E-state index is -0.559. The van der Waals surface area contributed by atoms with Crippen molar-refractivity contribution in [2.45, 2.75) is 45.2 Å². The second kappa shape index (κ2) is 9.79. The van der Waals surface area contributed by atoms with Crippen LogP contribution in [-0.4, -0.2) is 60.7 Å². The molecule has 1 aromatic heterocycles. The van der Waals surface area contributed by atoms with Gasteiger partial charge in [-0.25, -0.2) is 4.39 Å². The Morgan fingerprint density at radius 1 is 1.24 bits per heavy atom. The van der Waals surface area contributed by atoms with E-state index in [4.69, 9.17) is 10.5 Å². The van der Waals surface area contributed by atoms with Crippen molar-refractivity contribution in [1.29, 1.82) is 0 Å². The Balaban J connectivity index is 0.00000280. The Bertz CT molecular complexity index is 1420. The van der Waals surface area contributed by atoms with Crippen LogP contribution in [0, 0.1) is 5.82 Å². The summed E-state index contributed by atoms with van der Waals surface area (Å²) in [5.74, 6) is -0.199. The third-order valence-corrected chi connectivity index (χ3v) is 7.73. The van der Waals surface area contributed by atoms with Crippen molar-refractivity contribution in [1.82, 2.24) is 14.8 Å². The Labute approximate surface area is 215 Å². The highest BCUT2D eigenvalue weighted by molar-refractivity contribution is 6.01. The van der Waals surface area contributed by atoms with E-state index in [-0.39, 0.29) is 30.2 Å². The third-order valence-electron chi connectivity index (χ3n) is 7.73. The fourth-order valence-electron chi connectivity index (χ4n) is 5.79. The number of carbonyl (C=O) groups is 1. The van der Waals surface area contributed by atoms with Gasteiger partial charge in [-0.1, -0.05) is 19.6 Å². The van der Waals surface area contributed by atoms with Crippen molar-refractivity contribution >= 4 is 22.5 Å². The molecule has 2 saturated heterocycles. The van der Waals surface area contributed by atoms with E-state index in [2.05, 4.69) is 17.3 Å². The zero-order valence-corrected chi connectivity index (χ0v) is 20.3. The standard InChI is InChI=1S/C27H30FN5O3.CH4/c1-31-11-4-5-17(31)8-10-30-27(35)19-15-33-21-6-2-3-7-22(21)36-26-23(33)18(25(19)34)13-20(28)24(26)32-12-9-16(29)14-32;/h2-3,6-7,13,15-17H,4-5,8-12,14,29H2,1H3,(H,30,35);1H4/t16-,17?;/m1./s1. The number of carbonyl (C=O) groups excluding carboxylic acids is 1. The quantitative estimate of drug-likeness (QED) is 0.429. The minimum absolute atomic E-state index is 0. The molecule has 9 heteroatoms. The van der Waals surface area contributed by atoms with Crippen molar-refractivity contribution in [3.63, 3.8) is 0 Å². The molecule has 1 unspecified atom stereocenters. The van der Waals surface area contributed by atoms with E-state index in [0.717, 1.165) is 32.2 Å². The lowest BCUT2D eigenvalue weighted by Gasteiger charge is -2.29. The number of nitrogens with two attached hydrogens (primary N) is 1. The maximum atomic E-state index is 15.6. The molecule has 0 saturated carbocycles. The first-order chi connectivity index (χ1) is 17.4. The molecule has 37 heavy (non-hydrogen) atoms. The molecular weight excluding hydrogens is 473 g/mol. The number of benzene rings is 2. The SMILES string of the molecule is C.CN1CCCC1CCNC(=O)c1cn2c3c(c(N4CC[C@@H](N)C4)c(F)cc3c1=O)Oc1ccccc1-2. The summed E-state index contributed by atoms with van der Waals surface area (Å²) in [6, 6.07) is 8.96. The maximum Gasteiger partial charge on any atom is 0.256 e. The summed E-state index contributed by atoms with van der Waals surface area (Å²) in [6.45, 7) is 2.64. The Morgan fingerprint density at radius 3 is 2.78 bits per heavy atom. The van der Waals surface area contributed by atoms with Crippen LogP contribution in [0.4, 0.5) is 10.1 Å². The number of nitrogens with zero attached hydrogens (tertiary/aromatic N) is 3. The number of amides is 1. The van der Waals surface area contributed by atoms with Gasteiger partial charge in [0.1, 0.15) is 16.8 Å². The summed E-state index contributed by atoms with van der Waals surface area (Å²) in [5.41, 5.74) is 7.02. The topological polar surface area (TPSA) is 92.8 Å². The van der Waals surface area contributed by atoms with E-state index in [1.165, 1.54) is 6.07 Å². The zero-order chi connectivity index (χ0) is 25.0. The lowest BCUT2D eigenvalue weighted by Crippen LogP contribution is -2.34. The first-order valence-corrected chi connectivity index (χ1v) is 12.6. The van der Waals surface area contributed by atoms with Gasteiger partial charge >= 0.3 is 0 Å². The molecule has 196 valence electrons. The van der Waals surface area contributed by atoms with Gasteiger partial charge in [-0.2, -0.15) is 0 Å². The summed E-state index contributed by atoms with van der Waals surface area (Å²) >= 11 is 0. The summed E-state index contributed by atoms with van der Waals surface area (Å²) in [5, 5.41) is 3.03. The van der Waals surface area contributed by atoms with E-state index in [1.807, 2.05) is 23.1 Å². The summed E-state index contributed by atoms with van der Waals surface area (Å²) in [7, 11) is 2.09. The zero-order valence-electron chi connectivity index (χ0n) is 20.3. The first kappa shape index (κ1) is 25.2. The van der Waals surface area contributed by atoms with Crippen molar-refractivity contribution < 1.29 is 13.9 Å². The molecule has 3 aromatic rings. The molecule has 3 aliphatic rings. The van der Waals surface area contributed by atoms with Gasteiger partial charge in [0, 0.05) is 37.9 Å². The number of halogens is 1. The summed E-state index contributed by atoms with van der Waals surface area (Å²) < 4.78 is 23.6. The molecule has 3 aliphatic heterocycles. The molecule has 3 N–H and O–H groups in total. The maximum absolute atomic E-state index is 15.6. The third kappa shape index (κ3) is 4.26. The highest BCUT2D eigenvalue weighted by atomic mass is 19.1. The highest BCUT2D eigenvalue weighted by Gasteiger charge is 2.32. The molecule has 2 fully saturated rings. The van der Waals surface area contributed by atoms with Crippen molar-refractivity contribution in [2.75, 3.05) is 38.1 Å². The van der Waals surface area contributed by atoms with E-state index >= 15 is 4.39 Å². The first-order valence-electron chi connectivity index (χ1n) is 12.6. The van der Waals surface area contributed by atoms with Crippen LogP contribution >= 0.6 is 0 Å². The van der Waals surface area contributed by atoms with Gasteiger partial charge in [0.25, 0.3) is 5.91 Å². The number of fused-ring (bicyclic) bond motifs is 2. The average Bonchev–Trinajstić information content (AvgIpc) is 3.48. The predicted molar refractivity (Wildman–Crippen MR) is 144 cm³/mol.